The fraction of sp³-hybridized carbons (Fsp3) is 0.636. The van der Waals surface area contributed by atoms with Gasteiger partial charge in [0.25, 0.3) is 0 Å². The Morgan fingerprint density at radius 2 is 2.00 bits per heavy atom. The van der Waals surface area contributed by atoms with Gasteiger partial charge >= 0.3 is 0 Å². The van der Waals surface area contributed by atoms with E-state index >= 15 is 0 Å². The highest BCUT2D eigenvalue weighted by Crippen LogP contribution is 2.03. The normalized spacial score (nSPS) is 10.5. The standard InChI is InChI=1S/C11H19N3O3/c1-15-3-2-4-16-5-6-17-11-9-13-10(7-12)8-14-11/h8-9H,2-7,12H2,1H3. The van der Waals surface area contributed by atoms with E-state index in [0.29, 0.717) is 38.9 Å². The molecular formula is C11H19N3O3. The lowest BCUT2D eigenvalue weighted by Crippen LogP contribution is -2.09. The van der Waals surface area contributed by atoms with Crippen molar-refractivity contribution < 1.29 is 14.2 Å². The first-order valence-corrected chi connectivity index (χ1v) is 5.57. The third-order valence-electron chi connectivity index (χ3n) is 2.01. The second-order valence-corrected chi connectivity index (χ2v) is 3.36. The minimum atomic E-state index is 0.385. The van der Waals surface area contributed by atoms with Gasteiger partial charge in [-0.3, -0.25) is 4.98 Å². The van der Waals surface area contributed by atoms with Crippen molar-refractivity contribution in [3.8, 4) is 5.88 Å². The van der Waals surface area contributed by atoms with Crippen LogP contribution < -0.4 is 10.5 Å². The molecule has 0 saturated carbocycles. The monoisotopic (exact) mass is 241 g/mol. The zero-order chi connectivity index (χ0) is 12.3. The predicted octanol–water partition coefficient (Wildman–Crippen LogP) is 0.367. The summed E-state index contributed by atoms with van der Waals surface area (Å²) in [5.41, 5.74) is 6.15. The molecular weight excluding hydrogens is 222 g/mol. The maximum atomic E-state index is 5.41. The van der Waals surface area contributed by atoms with Crippen LogP contribution in [0.15, 0.2) is 12.4 Å². The van der Waals surface area contributed by atoms with Gasteiger partial charge in [-0.25, -0.2) is 4.98 Å². The Morgan fingerprint density at radius 3 is 2.65 bits per heavy atom. The fourth-order valence-electron chi connectivity index (χ4n) is 1.14. The highest BCUT2D eigenvalue weighted by molar-refractivity contribution is 5.06. The molecule has 6 nitrogen and oxygen atoms in total. The molecule has 0 saturated heterocycles. The average Bonchev–Trinajstić information content (AvgIpc) is 2.38. The highest BCUT2D eigenvalue weighted by atomic mass is 16.5. The van der Waals surface area contributed by atoms with Gasteiger partial charge < -0.3 is 19.9 Å². The lowest BCUT2D eigenvalue weighted by atomic mass is 10.5. The van der Waals surface area contributed by atoms with Crippen molar-refractivity contribution in [2.45, 2.75) is 13.0 Å². The zero-order valence-corrected chi connectivity index (χ0v) is 10.1. The molecule has 0 spiro atoms. The highest BCUT2D eigenvalue weighted by Gasteiger charge is 1.97. The van der Waals surface area contributed by atoms with Crippen molar-refractivity contribution >= 4 is 0 Å². The second kappa shape index (κ2) is 8.86. The third kappa shape index (κ3) is 6.15. The Bertz CT molecular complexity index is 293. The van der Waals surface area contributed by atoms with E-state index in [1.165, 1.54) is 0 Å². The van der Waals surface area contributed by atoms with Crippen LogP contribution in [0.25, 0.3) is 0 Å². The lowest BCUT2D eigenvalue weighted by Gasteiger charge is -2.06. The predicted molar refractivity (Wildman–Crippen MR) is 62.7 cm³/mol. The number of hydrogen-bond acceptors (Lipinski definition) is 6. The average molecular weight is 241 g/mol. The van der Waals surface area contributed by atoms with Gasteiger partial charge in [0.15, 0.2) is 0 Å². The SMILES string of the molecule is COCCCOCCOc1cnc(CN)cn1. The fourth-order valence-corrected chi connectivity index (χ4v) is 1.14. The van der Waals surface area contributed by atoms with Crippen LogP contribution in [-0.4, -0.2) is 43.5 Å². The smallest absolute Gasteiger partial charge is 0.232 e. The Hall–Kier alpha value is -1.24. The third-order valence-corrected chi connectivity index (χ3v) is 2.01. The number of nitrogens with two attached hydrogens (primary N) is 1. The number of rotatable bonds is 9. The first-order chi connectivity index (χ1) is 8.36. The van der Waals surface area contributed by atoms with Crippen molar-refractivity contribution in [1.29, 1.82) is 0 Å². The van der Waals surface area contributed by atoms with E-state index in [1.807, 2.05) is 0 Å². The molecule has 0 amide bonds. The van der Waals surface area contributed by atoms with Crippen LogP contribution >= 0.6 is 0 Å². The van der Waals surface area contributed by atoms with Crippen LogP contribution in [0.5, 0.6) is 5.88 Å². The molecule has 6 heteroatoms. The zero-order valence-electron chi connectivity index (χ0n) is 10.1. The topological polar surface area (TPSA) is 79.5 Å². The molecule has 96 valence electrons. The maximum Gasteiger partial charge on any atom is 0.232 e. The Labute approximate surface area is 101 Å². The van der Waals surface area contributed by atoms with Crippen molar-refractivity contribution in [2.75, 3.05) is 33.5 Å². The molecule has 0 aromatic carbocycles. The molecule has 0 aliphatic carbocycles. The number of aromatic nitrogens is 2. The molecule has 1 aromatic heterocycles. The van der Waals surface area contributed by atoms with E-state index in [0.717, 1.165) is 12.1 Å². The van der Waals surface area contributed by atoms with Gasteiger partial charge in [-0.1, -0.05) is 0 Å². The number of hydrogen-bond donors (Lipinski definition) is 1. The molecule has 2 N–H and O–H groups in total. The molecule has 1 rings (SSSR count). The molecule has 17 heavy (non-hydrogen) atoms. The van der Waals surface area contributed by atoms with Crippen LogP contribution in [0.3, 0.4) is 0 Å². The molecule has 0 fully saturated rings. The first-order valence-electron chi connectivity index (χ1n) is 5.57. The molecule has 1 aromatic rings. The molecule has 0 atom stereocenters. The largest absolute Gasteiger partial charge is 0.474 e. The van der Waals surface area contributed by atoms with Gasteiger partial charge in [0.1, 0.15) is 6.61 Å². The van der Waals surface area contributed by atoms with Crippen LogP contribution in [-0.2, 0) is 16.0 Å². The van der Waals surface area contributed by atoms with Gasteiger partial charge in [0.05, 0.1) is 24.7 Å². The summed E-state index contributed by atoms with van der Waals surface area (Å²) in [4.78, 5) is 8.12. The van der Waals surface area contributed by atoms with Gasteiger partial charge in [-0.2, -0.15) is 0 Å². The Morgan fingerprint density at radius 1 is 1.12 bits per heavy atom. The summed E-state index contributed by atoms with van der Waals surface area (Å²) in [6.07, 6.45) is 4.06. The summed E-state index contributed by atoms with van der Waals surface area (Å²) in [5.74, 6) is 0.489. The minimum Gasteiger partial charge on any atom is -0.474 e. The van der Waals surface area contributed by atoms with Crippen LogP contribution in [0.4, 0.5) is 0 Å². The van der Waals surface area contributed by atoms with Gasteiger partial charge in [-0.05, 0) is 6.42 Å². The lowest BCUT2D eigenvalue weighted by molar-refractivity contribution is 0.0794. The van der Waals surface area contributed by atoms with Crippen molar-refractivity contribution in [3.05, 3.63) is 18.1 Å². The van der Waals surface area contributed by atoms with Crippen molar-refractivity contribution in [3.63, 3.8) is 0 Å². The van der Waals surface area contributed by atoms with Gasteiger partial charge in [0, 0.05) is 26.9 Å². The quantitative estimate of drug-likeness (QED) is 0.629. The van der Waals surface area contributed by atoms with Crippen LogP contribution in [0, 0.1) is 0 Å². The molecule has 1 heterocycles. The van der Waals surface area contributed by atoms with Crippen molar-refractivity contribution in [2.24, 2.45) is 5.73 Å². The van der Waals surface area contributed by atoms with Crippen LogP contribution in [0.2, 0.25) is 0 Å². The summed E-state index contributed by atoms with van der Waals surface area (Å²) >= 11 is 0. The molecule has 0 unspecified atom stereocenters. The Kier molecular flexibility index (Phi) is 7.20. The number of nitrogens with zero attached hydrogens (tertiary/aromatic N) is 2. The summed E-state index contributed by atoms with van der Waals surface area (Å²) in [6, 6.07) is 0. The second-order valence-electron chi connectivity index (χ2n) is 3.36. The number of ether oxygens (including phenoxy) is 3. The summed E-state index contributed by atoms with van der Waals surface area (Å²) in [7, 11) is 1.67. The van der Waals surface area contributed by atoms with E-state index < -0.39 is 0 Å². The molecule has 0 bridgehead atoms. The van der Waals surface area contributed by atoms with E-state index in [2.05, 4.69) is 9.97 Å². The van der Waals surface area contributed by atoms with E-state index in [1.54, 1.807) is 19.5 Å². The van der Waals surface area contributed by atoms with Gasteiger partial charge in [0.2, 0.25) is 5.88 Å². The van der Waals surface area contributed by atoms with E-state index in [-0.39, 0.29) is 0 Å². The maximum absolute atomic E-state index is 5.41. The molecule has 0 aliphatic heterocycles. The van der Waals surface area contributed by atoms with E-state index in [4.69, 9.17) is 19.9 Å². The summed E-state index contributed by atoms with van der Waals surface area (Å²) in [5, 5.41) is 0. The first kappa shape index (κ1) is 13.8. The molecule has 0 aliphatic rings. The summed E-state index contributed by atoms with van der Waals surface area (Å²) < 4.78 is 15.6. The van der Waals surface area contributed by atoms with Crippen molar-refractivity contribution in [1.82, 2.24) is 9.97 Å². The van der Waals surface area contributed by atoms with E-state index in [9.17, 15) is 0 Å². The Balaban J connectivity index is 2.05. The minimum absolute atomic E-state index is 0.385. The van der Waals surface area contributed by atoms with Gasteiger partial charge in [-0.15, -0.1) is 0 Å². The van der Waals surface area contributed by atoms with Crippen LogP contribution in [0.1, 0.15) is 12.1 Å². The molecule has 0 radical (unpaired) electrons. The summed E-state index contributed by atoms with van der Waals surface area (Å²) in [6.45, 7) is 2.77. The number of methoxy groups -OCH3 is 1.